The number of carbonyl (C=O) groups is 5. The van der Waals surface area contributed by atoms with Crippen LogP contribution in [0.1, 0.15) is 33.3 Å². The van der Waals surface area contributed by atoms with E-state index in [-0.39, 0.29) is 17.5 Å². The van der Waals surface area contributed by atoms with Crippen molar-refractivity contribution in [1.29, 1.82) is 0 Å². The summed E-state index contributed by atoms with van der Waals surface area (Å²) >= 11 is 7.24. The van der Waals surface area contributed by atoms with Crippen molar-refractivity contribution in [2.75, 3.05) is 11.5 Å². The number of esters is 4. The zero-order valence-corrected chi connectivity index (χ0v) is 25.7. The summed E-state index contributed by atoms with van der Waals surface area (Å²) < 4.78 is 27.9. The first-order chi connectivity index (χ1) is 20.9. The predicted octanol–water partition coefficient (Wildman–Crippen LogP) is 3.90. The molecule has 0 aromatic heterocycles. The van der Waals surface area contributed by atoms with Crippen LogP contribution < -0.4 is 4.90 Å². The summed E-state index contributed by atoms with van der Waals surface area (Å²) in [6.45, 7) is 4.22. The van der Waals surface area contributed by atoms with Gasteiger partial charge in [0, 0.05) is 32.7 Å². The molecule has 0 aliphatic carbocycles. The van der Waals surface area contributed by atoms with Crippen molar-refractivity contribution in [2.24, 2.45) is 4.99 Å². The fraction of sp³-hybridized carbons (Fsp3) is 0.333. The minimum absolute atomic E-state index is 0.0649. The van der Waals surface area contributed by atoms with Gasteiger partial charge in [0.1, 0.15) is 18.4 Å². The second kappa shape index (κ2) is 14.5. The van der Waals surface area contributed by atoms with E-state index >= 15 is 0 Å². The van der Waals surface area contributed by atoms with E-state index in [1.807, 2.05) is 0 Å². The number of hydrogen-bond acceptors (Lipinski definition) is 12. The van der Waals surface area contributed by atoms with Crippen molar-refractivity contribution in [2.45, 2.75) is 57.5 Å². The molecule has 2 aromatic carbocycles. The number of nitrogens with zero attached hydrogens (tertiary/aromatic N) is 2. The zero-order chi connectivity index (χ0) is 32.0. The number of amides is 1. The Balaban J connectivity index is 1.79. The van der Waals surface area contributed by atoms with Crippen LogP contribution in [0.3, 0.4) is 0 Å². The molecule has 14 heteroatoms. The molecule has 1 fully saturated rings. The third-order valence-corrected chi connectivity index (χ3v) is 7.65. The quantitative estimate of drug-likeness (QED) is 0.234. The SMILES string of the molecule is CC(=O)OC[C@H]1OC(SC2=NC(=Cc3ccccc3Cl)C(=O)N2c2ccccc2)[C@H](OC(C)=O)[C@@H](OC(C)=O)[C@@H]1OC(C)=O. The van der Waals surface area contributed by atoms with Crippen LogP contribution in [0.4, 0.5) is 5.69 Å². The normalized spacial score (nSPS) is 24.0. The van der Waals surface area contributed by atoms with E-state index < -0.39 is 59.6 Å². The summed E-state index contributed by atoms with van der Waals surface area (Å²) in [5.41, 5.74) is -0.0760. The highest BCUT2D eigenvalue weighted by Crippen LogP contribution is 2.39. The fourth-order valence-corrected chi connectivity index (χ4v) is 5.89. The van der Waals surface area contributed by atoms with E-state index in [1.54, 1.807) is 60.7 Å². The number of halogens is 1. The van der Waals surface area contributed by atoms with E-state index in [0.717, 1.165) is 32.5 Å². The Bertz CT molecular complexity index is 1500. The van der Waals surface area contributed by atoms with Gasteiger partial charge in [0.25, 0.3) is 5.91 Å². The Labute approximate surface area is 262 Å². The number of amidine groups is 1. The molecule has 2 heterocycles. The van der Waals surface area contributed by atoms with E-state index in [1.165, 1.54) is 11.8 Å². The van der Waals surface area contributed by atoms with Gasteiger partial charge in [0.15, 0.2) is 28.9 Å². The summed E-state index contributed by atoms with van der Waals surface area (Å²) in [6, 6.07) is 15.6. The first-order valence-electron chi connectivity index (χ1n) is 13.4. The molecule has 0 N–H and O–H groups in total. The Morgan fingerprint density at radius 2 is 1.45 bits per heavy atom. The third-order valence-electron chi connectivity index (χ3n) is 6.21. The van der Waals surface area contributed by atoms with Gasteiger partial charge in [-0.2, -0.15) is 0 Å². The van der Waals surface area contributed by atoms with Crippen LogP contribution in [0, 0.1) is 0 Å². The number of benzene rings is 2. The molecule has 2 aliphatic rings. The maximum Gasteiger partial charge on any atom is 0.303 e. The molecule has 232 valence electrons. The van der Waals surface area contributed by atoms with Gasteiger partial charge in [-0.3, -0.25) is 28.9 Å². The molecule has 2 aliphatic heterocycles. The van der Waals surface area contributed by atoms with Gasteiger partial charge in [-0.25, -0.2) is 4.99 Å². The molecule has 5 atom stereocenters. The summed E-state index contributed by atoms with van der Waals surface area (Å²) in [7, 11) is 0. The fourth-order valence-electron chi connectivity index (χ4n) is 4.51. The predicted molar refractivity (Wildman–Crippen MR) is 160 cm³/mol. The van der Waals surface area contributed by atoms with Crippen LogP contribution in [0.15, 0.2) is 65.3 Å². The lowest BCUT2D eigenvalue weighted by atomic mass is 9.99. The van der Waals surface area contributed by atoms with Crippen LogP contribution in [0.25, 0.3) is 6.08 Å². The molecule has 0 bridgehead atoms. The molecular formula is C30H29ClN2O10S. The number of carbonyl (C=O) groups excluding carboxylic acids is 5. The van der Waals surface area contributed by atoms with Crippen LogP contribution in [0.2, 0.25) is 5.02 Å². The van der Waals surface area contributed by atoms with Crippen LogP contribution >= 0.6 is 23.4 Å². The second-order valence-corrected chi connectivity index (χ2v) is 11.1. The highest BCUT2D eigenvalue weighted by Gasteiger charge is 2.53. The van der Waals surface area contributed by atoms with Crippen molar-refractivity contribution in [3.05, 3.63) is 70.9 Å². The Morgan fingerprint density at radius 3 is 2.07 bits per heavy atom. The molecule has 2 aromatic rings. The number of hydrogen-bond donors (Lipinski definition) is 0. The molecule has 0 spiro atoms. The minimum atomic E-state index is -1.37. The average molecular weight is 645 g/mol. The third kappa shape index (κ3) is 8.04. The van der Waals surface area contributed by atoms with Gasteiger partial charge < -0.3 is 23.7 Å². The molecule has 1 unspecified atom stereocenters. The van der Waals surface area contributed by atoms with E-state index in [4.69, 9.17) is 35.3 Å². The maximum absolute atomic E-state index is 13.7. The Kier molecular flexibility index (Phi) is 10.8. The zero-order valence-electron chi connectivity index (χ0n) is 24.1. The van der Waals surface area contributed by atoms with Gasteiger partial charge in [0.05, 0.1) is 5.69 Å². The summed E-state index contributed by atoms with van der Waals surface area (Å²) in [6.07, 6.45) is -3.64. The molecule has 1 saturated heterocycles. The van der Waals surface area contributed by atoms with Crippen molar-refractivity contribution in [3.63, 3.8) is 0 Å². The van der Waals surface area contributed by atoms with Gasteiger partial charge >= 0.3 is 23.9 Å². The smallest absolute Gasteiger partial charge is 0.303 e. The van der Waals surface area contributed by atoms with Gasteiger partial charge in [-0.05, 0) is 29.8 Å². The number of ether oxygens (including phenoxy) is 5. The summed E-state index contributed by atoms with van der Waals surface area (Å²) in [5, 5.41) is 0.551. The molecule has 12 nitrogen and oxygen atoms in total. The first-order valence-corrected chi connectivity index (χ1v) is 14.6. The molecule has 1 amide bonds. The number of anilines is 1. The second-order valence-electron chi connectivity index (χ2n) is 9.61. The molecule has 0 saturated carbocycles. The van der Waals surface area contributed by atoms with Crippen molar-refractivity contribution in [1.82, 2.24) is 0 Å². The van der Waals surface area contributed by atoms with Crippen molar-refractivity contribution >= 4 is 70.1 Å². The largest absolute Gasteiger partial charge is 0.463 e. The highest BCUT2D eigenvalue weighted by molar-refractivity contribution is 8.14. The Morgan fingerprint density at radius 1 is 0.864 bits per heavy atom. The van der Waals surface area contributed by atoms with Crippen LogP contribution in [0.5, 0.6) is 0 Å². The Hall–Kier alpha value is -4.20. The van der Waals surface area contributed by atoms with Crippen molar-refractivity contribution in [3.8, 4) is 0 Å². The molecule has 4 rings (SSSR count). The highest BCUT2D eigenvalue weighted by atomic mass is 35.5. The summed E-state index contributed by atoms with van der Waals surface area (Å²) in [4.78, 5) is 67.8. The standard InChI is InChI=1S/C30H29ClN2O10S/c1-16(34)39-15-24-25(40-17(2)35)26(41-18(3)36)27(42-19(4)37)29(43-24)44-30-32-23(14-20-10-8-9-13-22(20)31)28(38)33(30)21-11-6-5-7-12-21/h5-14,24-27,29H,15H2,1-4H3/t24-,25-,26+,27-,29?/m1/s1. The van der Waals surface area contributed by atoms with Gasteiger partial charge in [-0.15, -0.1) is 0 Å². The average Bonchev–Trinajstić information content (AvgIpc) is 3.25. The van der Waals surface area contributed by atoms with Gasteiger partial charge in [0.2, 0.25) is 0 Å². The van der Waals surface area contributed by atoms with Crippen molar-refractivity contribution < 1.29 is 47.7 Å². The molecular weight excluding hydrogens is 616 g/mol. The lowest BCUT2D eigenvalue weighted by Crippen LogP contribution is -2.61. The number of para-hydroxylation sites is 1. The lowest BCUT2D eigenvalue weighted by molar-refractivity contribution is -0.237. The molecule has 0 radical (unpaired) electrons. The van der Waals surface area contributed by atoms with E-state index in [9.17, 15) is 24.0 Å². The van der Waals surface area contributed by atoms with E-state index in [0.29, 0.717) is 16.3 Å². The van der Waals surface area contributed by atoms with Crippen LogP contribution in [-0.4, -0.2) is 71.4 Å². The number of thioether (sulfide) groups is 1. The van der Waals surface area contributed by atoms with E-state index in [2.05, 4.69) is 4.99 Å². The lowest BCUT2D eigenvalue weighted by Gasteiger charge is -2.44. The number of aliphatic imine (C=N–C) groups is 1. The minimum Gasteiger partial charge on any atom is -0.463 e. The maximum atomic E-state index is 13.7. The first kappa shape index (κ1) is 32.7. The van der Waals surface area contributed by atoms with Gasteiger partial charge in [-0.1, -0.05) is 59.8 Å². The van der Waals surface area contributed by atoms with Crippen LogP contribution in [-0.2, 0) is 47.7 Å². The number of rotatable bonds is 8. The topological polar surface area (TPSA) is 147 Å². The molecule has 44 heavy (non-hydrogen) atoms. The monoisotopic (exact) mass is 644 g/mol. The summed E-state index contributed by atoms with van der Waals surface area (Å²) in [5.74, 6) is -3.35.